The molecule has 1 heterocycles. The molecule has 0 unspecified atom stereocenters. The molecule has 3 heteroatoms. The molecule has 148 valence electrons. The standard InChI is InChI=1S/C23H40N2O/c1-5-6-15-24-19-9-8-17-16-7-10-20-23(3,14-12-21(26)25(20)4)18(16)11-13-22(17,19)2/h16-20,24H,5-15H2,1-4H3/t16-,17-,18-,19-,20+,22-,23+/m0/s1. The third kappa shape index (κ3) is 2.67. The number of piperidine rings is 1. The van der Waals surface area contributed by atoms with Gasteiger partial charge < -0.3 is 10.2 Å². The minimum absolute atomic E-state index is 0.362. The van der Waals surface area contributed by atoms with Crippen molar-refractivity contribution < 1.29 is 4.79 Å². The van der Waals surface area contributed by atoms with Gasteiger partial charge >= 0.3 is 0 Å². The Bertz CT molecular complexity index is 548. The summed E-state index contributed by atoms with van der Waals surface area (Å²) in [6.45, 7) is 8.63. The van der Waals surface area contributed by atoms with Gasteiger partial charge in [-0.05, 0) is 86.5 Å². The molecule has 0 aromatic heterocycles. The number of hydrogen-bond donors (Lipinski definition) is 1. The predicted octanol–water partition coefficient (Wildman–Crippen LogP) is 4.61. The Morgan fingerprint density at radius 1 is 1.04 bits per heavy atom. The Morgan fingerprint density at radius 3 is 2.58 bits per heavy atom. The number of unbranched alkanes of at least 4 members (excludes halogenated alkanes) is 1. The number of likely N-dealkylation sites (tertiary alicyclic amines) is 1. The molecule has 0 radical (unpaired) electrons. The van der Waals surface area contributed by atoms with Crippen molar-refractivity contribution in [3.63, 3.8) is 0 Å². The number of amides is 1. The first-order valence-corrected chi connectivity index (χ1v) is 11.4. The van der Waals surface area contributed by atoms with Crippen LogP contribution in [0.5, 0.6) is 0 Å². The van der Waals surface area contributed by atoms with Crippen LogP contribution >= 0.6 is 0 Å². The quantitative estimate of drug-likeness (QED) is 0.743. The van der Waals surface area contributed by atoms with Gasteiger partial charge in [-0.3, -0.25) is 4.79 Å². The summed E-state index contributed by atoms with van der Waals surface area (Å²) < 4.78 is 0. The molecule has 0 aromatic rings. The highest BCUT2D eigenvalue weighted by atomic mass is 16.2. The van der Waals surface area contributed by atoms with Crippen LogP contribution in [0, 0.1) is 28.6 Å². The van der Waals surface area contributed by atoms with Crippen LogP contribution in [-0.2, 0) is 4.79 Å². The summed E-state index contributed by atoms with van der Waals surface area (Å²) in [4.78, 5) is 14.4. The Labute approximate surface area is 160 Å². The fourth-order valence-electron chi connectivity index (χ4n) is 7.94. The second kappa shape index (κ2) is 6.79. The van der Waals surface area contributed by atoms with Crippen LogP contribution in [0.4, 0.5) is 0 Å². The van der Waals surface area contributed by atoms with Crippen LogP contribution in [0.15, 0.2) is 0 Å². The van der Waals surface area contributed by atoms with Crippen molar-refractivity contribution in [2.45, 2.75) is 97.1 Å². The molecule has 4 aliphatic rings. The number of rotatable bonds is 4. The second-order valence-electron chi connectivity index (χ2n) is 10.5. The van der Waals surface area contributed by atoms with Gasteiger partial charge in [0.25, 0.3) is 0 Å². The van der Waals surface area contributed by atoms with E-state index < -0.39 is 0 Å². The third-order valence-corrected chi connectivity index (χ3v) is 9.48. The zero-order chi connectivity index (χ0) is 18.5. The summed E-state index contributed by atoms with van der Waals surface area (Å²) in [5.74, 6) is 3.02. The largest absolute Gasteiger partial charge is 0.342 e. The van der Waals surface area contributed by atoms with E-state index in [0.717, 1.165) is 36.6 Å². The van der Waals surface area contributed by atoms with Gasteiger partial charge in [-0.2, -0.15) is 0 Å². The monoisotopic (exact) mass is 360 g/mol. The van der Waals surface area contributed by atoms with E-state index in [1.165, 1.54) is 57.9 Å². The van der Waals surface area contributed by atoms with Gasteiger partial charge in [-0.25, -0.2) is 0 Å². The van der Waals surface area contributed by atoms with Gasteiger partial charge in [0, 0.05) is 25.6 Å². The van der Waals surface area contributed by atoms with Crippen molar-refractivity contribution in [3.8, 4) is 0 Å². The highest BCUT2D eigenvalue weighted by Crippen LogP contribution is 2.64. The fraction of sp³-hybridized carbons (Fsp3) is 0.957. The maximum Gasteiger partial charge on any atom is 0.222 e. The molecule has 1 aliphatic heterocycles. The third-order valence-electron chi connectivity index (χ3n) is 9.48. The Morgan fingerprint density at radius 2 is 1.81 bits per heavy atom. The van der Waals surface area contributed by atoms with Crippen LogP contribution in [0.3, 0.4) is 0 Å². The smallest absolute Gasteiger partial charge is 0.222 e. The molecule has 3 aliphatic carbocycles. The van der Waals surface area contributed by atoms with E-state index in [9.17, 15) is 4.79 Å². The number of fused-ring (bicyclic) bond motifs is 5. The van der Waals surface area contributed by atoms with Crippen LogP contribution in [-0.4, -0.2) is 36.5 Å². The lowest BCUT2D eigenvalue weighted by atomic mass is 9.47. The summed E-state index contributed by atoms with van der Waals surface area (Å²) in [6.07, 6.45) is 12.7. The van der Waals surface area contributed by atoms with Gasteiger partial charge in [0.1, 0.15) is 0 Å². The first-order valence-electron chi connectivity index (χ1n) is 11.4. The van der Waals surface area contributed by atoms with Crippen molar-refractivity contribution in [3.05, 3.63) is 0 Å². The molecule has 26 heavy (non-hydrogen) atoms. The van der Waals surface area contributed by atoms with E-state index in [0.29, 0.717) is 22.8 Å². The van der Waals surface area contributed by atoms with Gasteiger partial charge in [0.15, 0.2) is 0 Å². The summed E-state index contributed by atoms with van der Waals surface area (Å²) in [5.41, 5.74) is 0.870. The van der Waals surface area contributed by atoms with E-state index in [4.69, 9.17) is 0 Å². The van der Waals surface area contributed by atoms with Crippen LogP contribution in [0.25, 0.3) is 0 Å². The van der Waals surface area contributed by atoms with Crippen LogP contribution in [0.2, 0.25) is 0 Å². The van der Waals surface area contributed by atoms with Crippen molar-refractivity contribution in [1.82, 2.24) is 10.2 Å². The van der Waals surface area contributed by atoms with E-state index in [2.05, 4.69) is 38.0 Å². The van der Waals surface area contributed by atoms with E-state index in [-0.39, 0.29) is 0 Å². The molecule has 3 saturated carbocycles. The first-order chi connectivity index (χ1) is 12.4. The molecule has 0 bridgehead atoms. The van der Waals surface area contributed by atoms with Crippen molar-refractivity contribution in [1.29, 1.82) is 0 Å². The van der Waals surface area contributed by atoms with Gasteiger partial charge in [0.05, 0.1) is 0 Å². The molecule has 4 fully saturated rings. The average molecular weight is 361 g/mol. The zero-order valence-corrected chi connectivity index (χ0v) is 17.5. The lowest BCUT2D eigenvalue weighted by molar-refractivity contribution is -0.157. The second-order valence-corrected chi connectivity index (χ2v) is 10.5. The molecule has 0 aromatic carbocycles. The van der Waals surface area contributed by atoms with Crippen LogP contribution in [0.1, 0.15) is 85.0 Å². The highest BCUT2D eigenvalue weighted by molar-refractivity contribution is 5.77. The number of nitrogens with one attached hydrogen (secondary N) is 1. The Kier molecular flexibility index (Phi) is 4.91. The minimum Gasteiger partial charge on any atom is -0.342 e. The average Bonchev–Trinajstić information content (AvgIpc) is 2.96. The predicted molar refractivity (Wildman–Crippen MR) is 107 cm³/mol. The van der Waals surface area contributed by atoms with E-state index in [1.807, 2.05) is 0 Å². The lowest BCUT2D eigenvalue weighted by Gasteiger charge is -2.61. The molecule has 3 nitrogen and oxygen atoms in total. The maximum atomic E-state index is 12.3. The van der Waals surface area contributed by atoms with E-state index >= 15 is 0 Å². The Balaban J connectivity index is 1.53. The first kappa shape index (κ1) is 18.8. The normalized spacial score (nSPS) is 48.1. The molecule has 1 saturated heterocycles. The maximum absolute atomic E-state index is 12.3. The number of carbonyl (C=O) groups excluding carboxylic acids is 1. The van der Waals surface area contributed by atoms with Crippen LogP contribution < -0.4 is 5.32 Å². The number of hydrogen-bond acceptors (Lipinski definition) is 2. The van der Waals surface area contributed by atoms with Crippen molar-refractivity contribution in [2.24, 2.45) is 28.6 Å². The van der Waals surface area contributed by atoms with Gasteiger partial charge in [-0.1, -0.05) is 27.2 Å². The zero-order valence-electron chi connectivity index (χ0n) is 17.5. The topological polar surface area (TPSA) is 32.3 Å². The molecule has 1 amide bonds. The SMILES string of the molecule is CCCCN[C@H]1CC[C@H]2[C@@H]3CC[C@H]4N(C)C(=O)CC[C@]4(C)[C@H]3CC[C@]12C. The molecular formula is C23H40N2O. The number of nitrogens with zero attached hydrogens (tertiary/aromatic N) is 1. The fourth-order valence-corrected chi connectivity index (χ4v) is 7.94. The summed E-state index contributed by atoms with van der Waals surface area (Å²) in [5, 5.41) is 3.94. The molecule has 0 spiro atoms. The summed E-state index contributed by atoms with van der Waals surface area (Å²) in [6, 6.07) is 1.23. The highest BCUT2D eigenvalue weighted by Gasteiger charge is 2.60. The lowest BCUT2D eigenvalue weighted by Crippen LogP contribution is -2.61. The molecule has 7 atom stereocenters. The van der Waals surface area contributed by atoms with Gasteiger partial charge in [0.2, 0.25) is 5.91 Å². The van der Waals surface area contributed by atoms with Gasteiger partial charge in [-0.15, -0.1) is 0 Å². The molecular weight excluding hydrogens is 320 g/mol. The minimum atomic E-state index is 0.362. The van der Waals surface area contributed by atoms with E-state index in [1.54, 1.807) is 0 Å². The summed E-state index contributed by atoms with van der Waals surface area (Å²) >= 11 is 0. The molecule has 4 rings (SSSR count). The Hall–Kier alpha value is -0.570. The van der Waals surface area contributed by atoms with Crippen molar-refractivity contribution in [2.75, 3.05) is 13.6 Å². The van der Waals surface area contributed by atoms with Crippen molar-refractivity contribution >= 4 is 5.91 Å². The molecule has 1 N–H and O–H groups in total. The number of carbonyl (C=O) groups is 1. The summed E-state index contributed by atoms with van der Waals surface area (Å²) in [7, 11) is 2.07.